The van der Waals surface area contributed by atoms with Gasteiger partial charge in [-0.25, -0.2) is 0 Å². The first kappa shape index (κ1) is 13.4. The molecule has 0 aliphatic carbocycles. The summed E-state index contributed by atoms with van der Waals surface area (Å²) in [5, 5.41) is 11.9. The van der Waals surface area contributed by atoms with Gasteiger partial charge in [0.1, 0.15) is 0 Å². The average Bonchev–Trinajstić information content (AvgIpc) is 2.16. The standard InChI is InChI=1S/C11H23NO2/c1-4-11(3,5-2)12-9-7-6-8-10(13)14/h12H,4-9H2,1-3H3,(H,13,14). The number of hydrogen-bond donors (Lipinski definition) is 2. The molecule has 0 radical (unpaired) electrons. The lowest BCUT2D eigenvalue weighted by Gasteiger charge is -2.28. The minimum Gasteiger partial charge on any atom is -0.481 e. The van der Waals surface area contributed by atoms with Gasteiger partial charge in [-0.3, -0.25) is 4.79 Å². The number of aliphatic carboxylic acids is 1. The zero-order valence-corrected chi connectivity index (χ0v) is 9.60. The van der Waals surface area contributed by atoms with Gasteiger partial charge in [0.2, 0.25) is 0 Å². The van der Waals surface area contributed by atoms with Gasteiger partial charge in [0.05, 0.1) is 0 Å². The van der Waals surface area contributed by atoms with Gasteiger partial charge < -0.3 is 10.4 Å². The van der Waals surface area contributed by atoms with Crippen LogP contribution < -0.4 is 5.32 Å². The van der Waals surface area contributed by atoms with E-state index >= 15 is 0 Å². The van der Waals surface area contributed by atoms with E-state index < -0.39 is 5.97 Å². The summed E-state index contributed by atoms with van der Waals surface area (Å²) in [4.78, 5) is 10.3. The Kier molecular flexibility index (Phi) is 6.54. The second-order valence-corrected chi connectivity index (χ2v) is 4.05. The predicted molar refractivity (Wildman–Crippen MR) is 58.5 cm³/mol. The van der Waals surface area contributed by atoms with Crippen molar-refractivity contribution < 1.29 is 9.90 Å². The fourth-order valence-electron chi connectivity index (χ4n) is 1.29. The van der Waals surface area contributed by atoms with Gasteiger partial charge in [-0.2, -0.15) is 0 Å². The Labute approximate surface area is 86.9 Å². The maximum atomic E-state index is 10.3. The van der Waals surface area contributed by atoms with Crippen LogP contribution in [0, 0.1) is 0 Å². The maximum absolute atomic E-state index is 10.3. The monoisotopic (exact) mass is 201 g/mol. The topological polar surface area (TPSA) is 49.3 Å². The molecule has 0 aliphatic rings. The summed E-state index contributed by atoms with van der Waals surface area (Å²) in [7, 11) is 0. The van der Waals surface area contributed by atoms with Crippen LogP contribution in [0.15, 0.2) is 0 Å². The van der Waals surface area contributed by atoms with Crippen molar-refractivity contribution in [2.24, 2.45) is 0 Å². The van der Waals surface area contributed by atoms with E-state index in [-0.39, 0.29) is 12.0 Å². The summed E-state index contributed by atoms with van der Waals surface area (Å²) in [6.07, 6.45) is 4.23. The average molecular weight is 201 g/mol. The van der Waals surface area contributed by atoms with Crippen LogP contribution in [-0.2, 0) is 4.79 Å². The van der Waals surface area contributed by atoms with E-state index in [4.69, 9.17) is 5.11 Å². The van der Waals surface area contributed by atoms with E-state index in [0.29, 0.717) is 0 Å². The predicted octanol–water partition coefficient (Wildman–Crippen LogP) is 2.41. The molecule has 2 N–H and O–H groups in total. The highest BCUT2D eigenvalue weighted by Crippen LogP contribution is 2.13. The molecule has 0 rings (SSSR count). The summed E-state index contributed by atoms with van der Waals surface area (Å²) in [5.41, 5.74) is 0.225. The Morgan fingerprint density at radius 1 is 1.29 bits per heavy atom. The lowest BCUT2D eigenvalue weighted by Crippen LogP contribution is -2.41. The van der Waals surface area contributed by atoms with Gasteiger partial charge in [0, 0.05) is 12.0 Å². The third-order valence-electron chi connectivity index (χ3n) is 2.93. The molecular formula is C11H23NO2. The van der Waals surface area contributed by atoms with E-state index in [1.54, 1.807) is 0 Å². The summed E-state index contributed by atoms with van der Waals surface area (Å²) >= 11 is 0. The summed E-state index contributed by atoms with van der Waals surface area (Å²) < 4.78 is 0. The minimum atomic E-state index is -0.696. The number of unbranched alkanes of at least 4 members (excludes halogenated alkanes) is 1. The third-order valence-corrected chi connectivity index (χ3v) is 2.93. The molecule has 3 heteroatoms. The van der Waals surface area contributed by atoms with Gasteiger partial charge in [-0.1, -0.05) is 13.8 Å². The van der Waals surface area contributed by atoms with Crippen molar-refractivity contribution in [3.63, 3.8) is 0 Å². The van der Waals surface area contributed by atoms with Crippen molar-refractivity contribution in [2.75, 3.05) is 6.54 Å². The van der Waals surface area contributed by atoms with Gasteiger partial charge >= 0.3 is 5.97 Å². The Morgan fingerprint density at radius 2 is 1.86 bits per heavy atom. The molecule has 0 aromatic rings. The number of carboxylic acids is 1. The molecule has 84 valence electrons. The van der Waals surface area contributed by atoms with Crippen LogP contribution in [0.5, 0.6) is 0 Å². The highest BCUT2D eigenvalue weighted by Gasteiger charge is 2.17. The molecule has 0 aliphatic heterocycles. The van der Waals surface area contributed by atoms with Crippen LogP contribution in [0.1, 0.15) is 52.9 Å². The zero-order valence-electron chi connectivity index (χ0n) is 9.60. The molecule has 0 spiro atoms. The van der Waals surface area contributed by atoms with Crippen LogP contribution in [0.4, 0.5) is 0 Å². The molecule has 14 heavy (non-hydrogen) atoms. The Morgan fingerprint density at radius 3 is 2.29 bits per heavy atom. The molecule has 0 fully saturated rings. The number of nitrogens with one attached hydrogen (secondary N) is 1. The summed E-state index contributed by atoms with van der Waals surface area (Å²) in [6.45, 7) is 7.48. The van der Waals surface area contributed by atoms with Crippen LogP contribution >= 0.6 is 0 Å². The fourth-order valence-corrected chi connectivity index (χ4v) is 1.29. The quantitative estimate of drug-likeness (QED) is 0.593. The summed E-state index contributed by atoms with van der Waals surface area (Å²) in [6, 6.07) is 0. The molecule has 0 saturated heterocycles. The van der Waals surface area contributed by atoms with Crippen molar-refractivity contribution in [2.45, 2.75) is 58.4 Å². The molecule has 0 amide bonds. The lowest BCUT2D eigenvalue weighted by atomic mass is 9.95. The van der Waals surface area contributed by atoms with E-state index in [1.165, 1.54) is 0 Å². The zero-order chi connectivity index (χ0) is 11.0. The largest absolute Gasteiger partial charge is 0.481 e. The van der Waals surface area contributed by atoms with Crippen LogP contribution in [0.3, 0.4) is 0 Å². The van der Waals surface area contributed by atoms with Gasteiger partial charge in [0.25, 0.3) is 0 Å². The number of hydrogen-bond acceptors (Lipinski definition) is 2. The second-order valence-electron chi connectivity index (χ2n) is 4.05. The molecule has 0 saturated carbocycles. The first-order chi connectivity index (χ1) is 6.54. The molecule has 3 nitrogen and oxygen atoms in total. The molecule has 0 unspecified atom stereocenters. The number of carboxylic acid groups (broad SMARTS) is 1. The smallest absolute Gasteiger partial charge is 0.303 e. The van der Waals surface area contributed by atoms with Crippen LogP contribution in [-0.4, -0.2) is 23.2 Å². The lowest BCUT2D eigenvalue weighted by molar-refractivity contribution is -0.137. The van der Waals surface area contributed by atoms with Crippen LogP contribution in [0.25, 0.3) is 0 Å². The number of rotatable bonds is 8. The molecular weight excluding hydrogens is 178 g/mol. The van der Waals surface area contributed by atoms with Crippen molar-refractivity contribution in [3.8, 4) is 0 Å². The first-order valence-corrected chi connectivity index (χ1v) is 5.51. The van der Waals surface area contributed by atoms with Gasteiger partial charge in [0.15, 0.2) is 0 Å². The van der Waals surface area contributed by atoms with Crippen molar-refractivity contribution in [1.29, 1.82) is 0 Å². The molecule has 0 aromatic carbocycles. The van der Waals surface area contributed by atoms with E-state index in [0.717, 1.165) is 32.2 Å². The SMILES string of the molecule is CCC(C)(CC)NCCCCC(=O)O. The van der Waals surface area contributed by atoms with Crippen molar-refractivity contribution in [3.05, 3.63) is 0 Å². The van der Waals surface area contributed by atoms with Crippen LogP contribution in [0.2, 0.25) is 0 Å². The minimum absolute atomic E-state index is 0.225. The second kappa shape index (κ2) is 6.82. The third kappa shape index (κ3) is 5.97. The molecule has 0 atom stereocenters. The van der Waals surface area contributed by atoms with Crippen molar-refractivity contribution in [1.82, 2.24) is 5.32 Å². The Balaban J connectivity index is 3.47. The van der Waals surface area contributed by atoms with E-state index in [9.17, 15) is 4.79 Å². The molecule has 0 heterocycles. The maximum Gasteiger partial charge on any atom is 0.303 e. The fraction of sp³-hybridized carbons (Fsp3) is 0.909. The van der Waals surface area contributed by atoms with Crippen molar-refractivity contribution >= 4 is 5.97 Å². The van der Waals surface area contributed by atoms with Gasteiger partial charge in [-0.05, 0) is 39.2 Å². The molecule has 0 aromatic heterocycles. The first-order valence-electron chi connectivity index (χ1n) is 5.51. The Bertz CT molecular complexity index is 165. The van der Waals surface area contributed by atoms with E-state index in [1.807, 2.05) is 0 Å². The van der Waals surface area contributed by atoms with E-state index in [2.05, 4.69) is 26.1 Å². The van der Waals surface area contributed by atoms with Gasteiger partial charge in [-0.15, -0.1) is 0 Å². The normalized spacial score (nSPS) is 11.6. The summed E-state index contributed by atoms with van der Waals surface area (Å²) in [5.74, 6) is -0.696. The highest BCUT2D eigenvalue weighted by molar-refractivity contribution is 5.66. The Hall–Kier alpha value is -0.570. The highest BCUT2D eigenvalue weighted by atomic mass is 16.4. The number of carbonyl (C=O) groups is 1. The molecule has 0 bridgehead atoms.